The summed E-state index contributed by atoms with van der Waals surface area (Å²) in [5.41, 5.74) is 4.08. The Hall–Kier alpha value is -3.06. The number of nitriles is 1. The van der Waals surface area contributed by atoms with Crippen LogP contribution in [-0.2, 0) is 11.2 Å². The van der Waals surface area contributed by atoms with Crippen molar-refractivity contribution < 1.29 is 4.79 Å². The van der Waals surface area contributed by atoms with E-state index in [0.29, 0.717) is 6.54 Å². The first-order valence-electron chi connectivity index (χ1n) is 7.86. The first kappa shape index (κ1) is 17.3. The minimum Gasteiger partial charge on any atom is -0.389 e. The molecule has 0 aromatic heterocycles. The Morgan fingerprint density at radius 1 is 1.17 bits per heavy atom. The highest BCUT2D eigenvalue weighted by atomic mass is 16.1. The van der Waals surface area contributed by atoms with Gasteiger partial charge in [0.2, 0.25) is 0 Å². The lowest BCUT2D eigenvalue weighted by Crippen LogP contribution is -2.18. The van der Waals surface area contributed by atoms with Crippen molar-refractivity contribution in [1.29, 1.82) is 5.26 Å². The van der Waals surface area contributed by atoms with Gasteiger partial charge in [-0.15, -0.1) is 0 Å². The Morgan fingerprint density at radius 3 is 2.58 bits per heavy atom. The molecule has 0 radical (unpaired) electrons. The summed E-state index contributed by atoms with van der Waals surface area (Å²) in [5, 5.41) is 15.0. The molecule has 0 saturated carbocycles. The molecule has 24 heavy (non-hydrogen) atoms. The Kier molecular flexibility index (Phi) is 6.16. The Morgan fingerprint density at radius 2 is 1.92 bits per heavy atom. The fourth-order valence-corrected chi connectivity index (χ4v) is 2.33. The van der Waals surface area contributed by atoms with Gasteiger partial charge in [-0.3, -0.25) is 4.79 Å². The molecule has 2 N–H and O–H groups in total. The third kappa shape index (κ3) is 4.99. The van der Waals surface area contributed by atoms with Crippen molar-refractivity contribution in [2.24, 2.45) is 0 Å². The molecule has 0 heterocycles. The monoisotopic (exact) mass is 319 g/mol. The average molecular weight is 319 g/mol. The van der Waals surface area contributed by atoms with Crippen LogP contribution in [0.25, 0.3) is 0 Å². The van der Waals surface area contributed by atoms with Gasteiger partial charge in [0.05, 0.1) is 0 Å². The standard InChI is InChI=1S/C20H21N3O/c1-15-8-9-19(16(2)12-15)23-20(24)18(13-21)14-22-11-10-17-6-4-3-5-7-17/h3-9,12,14,22H,10-11H2,1-2H3,(H,23,24)/b18-14-. The van der Waals surface area contributed by atoms with Crippen LogP contribution in [0.3, 0.4) is 0 Å². The SMILES string of the molecule is Cc1ccc(NC(=O)/C(C#N)=C\NCCc2ccccc2)c(C)c1. The summed E-state index contributed by atoms with van der Waals surface area (Å²) >= 11 is 0. The number of hydrogen-bond acceptors (Lipinski definition) is 3. The van der Waals surface area contributed by atoms with Gasteiger partial charge in [0.25, 0.3) is 5.91 Å². The van der Waals surface area contributed by atoms with Crippen molar-refractivity contribution in [2.75, 3.05) is 11.9 Å². The van der Waals surface area contributed by atoms with Crippen LogP contribution in [-0.4, -0.2) is 12.5 Å². The zero-order chi connectivity index (χ0) is 17.4. The maximum atomic E-state index is 12.2. The molecule has 2 aromatic carbocycles. The number of benzene rings is 2. The Balaban J connectivity index is 1.92. The normalized spacial score (nSPS) is 10.8. The highest BCUT2D eigenvalue weighted by Crippen LogP contribution is 2.16. The Bertz CT molecular complexity index is 773. The lowest BCUT2D eigenvalue weighted by atomic mass is 10.1. The topological polar surface area (TPSA) is 64.9 Å². The molecule has 0 atom stereocenters. The van der Waals surface area contributed by atoms with E-state index in [4.69, 9.17) is 0 Å². The van der Waals surface area contributed by atoms with Crippen molar-refractivity contribution in [3.05, 3.63) is 77.0 Å². The number of aryl methyl sites for hydroxylation is 2. The second-order valence-corrected chi connectivity index (χ2v) is 5.63. The van der Waals surface area contributed by atoms with Crippen LogP contribution in [0, 0.1) is 25.2 Å². The van der Waals surface area contributed by atoms with Gasteiger partial charge in [0.1, 0.15) is 11.6 Å². The lowest BCUT2D eigenvalue weighted by molar-refractivity contribution is -0.112. The van der Waals surface area contributed by atoms with E-state index >= 15 is 0 Å². The molecule has 0 aliphatic carbocycles. The van der Waals surface area contributed by atoms with Crippen molar-refractivity contribution in [3.63, 3.8) is 0 Å². The summed E-state index contributed by atoms with van der Waals surface area (Å²) in [6.45, 7) is 4.58. The van der Waals surface area contributed by atoms with E-state index in [1.165, 1.54) is 11.8 Å². The van der Waals surface area contributed by atoms with Crippen LogP contribution < -0.4 is 10.6 Å². The summed E-state index contributed by atoms with van der Waals surface area (Å²) in [6.07, 6.45) is 2.30. The fourth-order valence-electron chi connectivity index (χ4n) is 2.33. The largest absolute Gasteiger partial charge is 0.389 e. The molecule has 0 bridgehead atoms. The number of anilines is 1. The molecular formula is C20H21N3O. The van der Waals surface area contributed by atoms with Crippen molar-refractivity contribution >= 4 is 11.6 Å². The predicted molar refractivity (Wildman–Crippen MR) is 96.4 cm³/mol. The summed E-state index contributed by atoms with van der Waals surface area (Å²) < 4.78 is 0. The van der Waals surface area contributed by atoms with Crippen LogP contribution in [0.4, 0.5) is 5.69 Å². The molecule has 0 saturated heterocycles. The van der Waals surface area contributed by atoms with Crippen molar-refractivity contribution in [1.82, 2.24) is 5.32 Å². The van der Waals surface area contributed by atoms with Gasteiger partial charge in [-0.1, -0.05) is 48.0 Å². The Labute approximate surface area is 142 Å². The number of rotatable bonds is 6. The van der Waals surface area contributed by atoms with Crippen molar-refractivity contribution in [3.8, 4) is 6.07 Å². The van der Waals surface area contributed by atoms with Crippen molar-refractivity contribution in [2.45, 2.75) is 20.3 Å². The maximum absolute atomic E-state index is 12.2. The van der Waals surface area contributed by atoms with Gasteiger partial charge in [-0.2, -0.15) is 5.26 Å². The molecule has 0 spiro atoms. The zero-order valence-electron chi connectivity index (χ0n) is 14.0. The number of hydrogen-bond donors (Lipinski definition) is 2. The number of carbonyl (C=O) groups is 1. The van der Waals surface area contributed by atoms with E-state index in [-0.39, 0.29) is 5.57 Å². The minimum absolute atomic E-state index is 0.0584. The summed E-state index contributed by atoms with van der Waals surface area (Å²) in [6, 6.07) is 17.7. The number of nitrogens with one attached hydrogen (secondary N) is 2. The quantitative estimate of drug-likeness (QED) is 0.487. The predicted octanol–water partition coefficient (Wildman–Crippen LogP) is 3.48. The lowest BCUT2D eigenvalue weighted by Gasteiger charge is -2.09. The zero-order valence-corrected chi connectivity index (χ0v) is 14.0. The number of amides is 1. The molecule has 0 aliphatic rings. The number of nitrogens with zero attached hydrogens (tertiary/aromatic N) is 1. The third-order valence-corrected chi connectivity index (χ3v) is 3.64. The highest BCUT2D eigenvalue weighted by molar-refractivity contribution is 6.06. The van der Waals surface area contributed by atoms with Crippen LogP contribution in [0.1, 0.15) is 16.7 Å². The van der Waals surface area contributed by atoms with Gasteiger partial charge in [0.15, 0.2) is 0 Å². The molecule has 0 aliphatic heterocycles. The molecule has 122 valence electrons. The number of carbonyl (C=O) groups excluding carboxylic acids is 1. The van der Waals surface area contributed by atoms with E-state index in [0.717, 1.165) is 23.2 Å². The van der Waals surface area contributed by atoms with E-state index < -0.39 is 5.91 Å². The van der Waals surface area contributed by atoms with E-state index in [1.807, 2.05) is 68.4 Å². The second-order valence-electron chi connectivity index (χ2n) is 5.63. The van der Waals surface area contributed by atoms with E-state index in [1.54, 1.807) is 0 Å². The van der Waals surface area contributed by atoms with Crippen LogP contribution >= 0.6 is 0 Å². The van der Waals surface area contributed by atoms with E-state index in [2.05, 4.69) is 10.6 Å². The smallest absolute Gasteiger partial charge is 0.267 e. The molecule has 0 unspecified atom stereocenters. The van der Waals surface area contributed by atoms with Gasteiger partial charge in [-0.25, -0.2) is 0 Å². The summed E-state index contributed by atoms with van der Waals surface area (Å²) in [5.74, 6) is -0.406. The molecule has 4 nitrogen and oxygen atoms in total. The third-order valence-electron chi connectivity index (χ3n) is 3.64. The van der Waals surface area contributed by atoms with Crippen LogP contribution in [0.5, 0.6) is 0 Å². The molecular weight excluding hydrogens is 298 g/mol. The molecule has 4 heteroatoms. The molecule has 1 amide bonds. The minimum atomic E-state index is -0.406. The van der Waals surface area contributed by atoms with Crippen LogP contribution in [0.2, 0.25) is 0 Å². The second kappa shape index (κ2) is 8.54. The van der Waals surface area contributed by atoms with Gasteiger partial charge in [-0.05, 0) is 37.5 Å². The fraction of sp³-hybridized carbons (Fsp3) is 0.200. The maximum Gasteiger partial charge on any atom is 0.267 e. The van der Waals surface area contributed by atoms with Gasteiger partial charge < -0.3 is 10.6 Å². The molecule has 2 aromatic rings. The molecule has 0 fully saturated rings. The molecule has 2 rings (SSSR count). The van der Waals surface area contributed by atoms with Gasteiger partial charge in [0, 0.05) is 18.4 Å². The summed E-state index contributed by atoms with van der Waals surface area (Å²) in [4.78, 5) is 12.2. The first-order valence-corrected chi connectivity index (χ1v) is 7.86. The van der Waals surface area contributed by atoms with Gasteiger partial charge >= 0.3 is 0 Å². The summed E-state index contributed by atoms with van der Waals surface area (Å²) in [7, 11) is 0. The first-order chi connectivity index (χ1) is 11.6. The van der Waals surface area contributed by atoms with E-state index in [9.17, 15) is 10.1 Å². The average Bonchev–Trinajstić information content (AvgIpc) is 2.58. The van der Waals surface area contributed by atoms with Crippen LogP contribution in [0.15, 0.2) is 60.3 Å². The highest BCUT2D eigenvalue weighted by Gasteiger charge is 2.10.